The molecule has 0 aliphatic heterocycles. The molecule has 0 spiro atoms. The standard InChI is InChI=1S/C11H10F3N5/c12-11(13,14)7-2-1-3-8(6-7)17-9-4-5-16-10(18-9)19-15/h1-6H,15H2,(H2,16,17,18,19). The van der Waals surface area contributed by atoms with Crippen molar-refractivity contribution >= 4 is 17.5 Å². The largest absolute Gasteiger partial charge is 0.416 e. The highest BCUT2D eigenvalue weighted by Crippen LogP contribution is 2.31. The van der Waals surface area contributed by atoms with E-state index in [-0.39, 0.29) is 11.6 Å². The monoisotopic (exact) mass is 269 g/mol. The van der Waals surface area contributed by atoms with Crippen molar-refractivity contribution < 1.29 is 13.2 Å². The lowest BCUT2D eigenvalue weighted by Crippen LogP contribution is -2.11. The first-order valence-electron chi connectivity index (χ1n) is 5.23. The fourth-order valence-electron chi connectivity index (χ4n) is 1.42. The van der Waals surface area contributed by atoms with Crippen LogP contribution in [0.15, 0.2) is 36.5 Å². The van der Waals surface area contributed by atoms with Crippen molar-refractivity contribution in [1.29, 1.82) is 0 Å². The smallest absolute Gasteiger partial charge is 0.340 e. The van der Waals surface area contributed by atoms with E-state index in [0.717, 1.165) is 12.1 Å². The van der Waals surface area contributed by atoms with E-state index in [9.17, 15) is 13.2 Å². The third kappa shape index (κ3) is 3.32. The van der Waals surface area contributed by atoms with E-state index in [4.69, 9.17) is 5.84 Å². The molecule has 2 rings (SSSR count). The molecular weight excluding hydrogens is 259 g/mol. The Labute approximate surface area is 106 Å². The summed E-state index contributed by atoms with van der Waals surface area (Å²) in [4.78, 5) is 7.73. The molecule has 0 unspecified atom stereocenters. The normalized spacial score (nSPS) is 11.2. The number of hydrogen-bond donors (Lipinski definition) is 3. The van der Waals surface area contributed by atoms with E-state index >= 15 is 0 Å². The van der Waals surface area contributed by atoms with E-state index in [1.54, 1.807) is 0 Å². The van der Waals surface area contributed by atoms with Crippen LogP contribution in [0.3, 0.4) is 0 Å². The van der Waals surface area contributed by atoms with Crippen molar-refractivity contribution in [1.82, 2.24) is 9.97 Å². The number of rotatable bonds is 3. The van der Waals surface area contributed by atoms with Crippen LogP contribution in [-0.4, -0.2) is 9.97 Å². The van der Waals surface area contributed by atoms with Crippen LogP contribution in [0.4, 0.5) is 30.6 Å². The summed E-state index contributed by atoms with van der Waals surface area (Å²) in [6.07, 6.45) is -2.95. The summed E-state index contributed by atoms with van der Waals surface area (Å²) >= 11 is 0. The van der Waals surface area contributed by atoms with Crippen LogP contribution in [0.5, 0.6) is 0 Å². The zero-order valence-electron chi connectivity index (χ0n) is 9.57. The van der Waals surface area contributed by atoms with Gasteiger partial charge in [0.15, 0.2) is 0 Å². The number of hydrazine groups is 1. The van der Waals surface area contributed by atoms with Crippen LogP contribution in [0.25, 0.3) is 0 Å². The maximum absolute atomic E-state index is 12.5. The molecule has 0 aliphatic rings. The van der Waals surface area contributed by atoms with Gasteiger partial charge in [-0.2, -0.15) is 18.2 Å². The Morgan fingerprint density at radius 2 is 1.95 bits per heavy atom. The molecule has 0 aliphatic carbocycles. The maximum Gasteiger partial charge on any atom is 0.416 e. The highest BCUT2D eigenvalue weighted by molar-refractivity contribution is 5.57. The first kappa shape index (κ1) is 13.1. The van der Waals surface area contributed by atoms with Gasteiger partial charge in [-0.15, -0.1) is 0 Å². The molecule has 1 aromatic carbocycles. The number of anilines is 3. The first-order valence-corrected chi connectivity index (χ1v) is 5.23. The number of halogens is 3. The average molecular weight is 269 g/mol. The predicted molar refractivity (Wildman–Crippen MR) is 64.6 cm³/mol. The number of hydrogen-bond acceptors (Lipinski definition) is 5. The molecule has 4 N–H and O–H groups in total. The molecule has 0 saturated carbocycles. The third-order valence-corrected chi connectivity index (χ3v) is 2.25. The van der Waals surface area contributed by atoms with Crippen LogP contribution in [0.2, 0.25) is 0 Å². The minimum Gasteiger partial charge on any atom is -0.340 e. The van der Waals surface area contributed by atoms with Gasteiger partial charge in [0.2, 0.25) is 5.95 Å². The number of nitrogens with one attached hydrogen (secondary N) is 2. The summed E-state index contributed by atoms with van der Waals surface area (Å²) in [5, 5.41) is 2.74. The Kier molecular flexibility index (Phi) is 3.52. The Hall–Kier alpha value is -2.35. The summed E-state index contributed by atoms with van der Waals surface area (Å²) in [5.74, 6) is 5.64. The van der Waals surface area contributed by atoms with Crippen molar-refractivity contribution in [3.63, 3.8) is 0 Å². The van der Waals surface area contributed by atoms with Crippen molar-refractivity contribution in [2.24, 2.45) is 5.84 Å². The number of nitrogens with two attached hydrogens (primary N) is 1. The molecule has 0 radical (unpaired) electrons. The lowest BCUT2D eigenvalue weighted by molar-refractivity contribution is -0.137. The van der Waals surface area contributed by atoms with Gasteiger partial charge in [0.05, 0.1) is 5.56 Å². The molecule has 0 saturated heterocycles. The molecule has 0 bridgehead atoms. The van der Waals surface area contributed by atoms with Gasteiger partial charge in [0.1, 0.15) is 5.82 Å². The highest BCUT2D eigenvalue weighted by Gasteiger charge is 2.30. The van der Waals surface area contributed by atoms with Crippen LogP contribution in [0, 0.1) is 0 Å². The second-order valence-electron chi connectivity index (χ2n) is 3.61. The van der Waals surface area contributed by atoms with Crippen molar-refractivity contribution in [2.75, 3.05) is 10.7 Å². The molecule has 1 heterocycles. The molecule has 8 heteroatoms. The Balaban J connectivity index is 2.23. The quantitative estimate of drug-likeness (QED) is 0.589. The van der Waals surface area contributed by atoms with Gasteiger partial charge in [0.25, 0.3) is 0 Å². The number of nitrogens with zero attached hydrogens (tertiary/aromatic N) is 2. The molecule has 0 atom stereocenters. The van der Waals surface area contributed by atoms with Crippen molar-refractivity contribution in [3.05, 3.63) is 42.1 Å². The van der Waals surface area contributed by atoms with Crippen LogP contribution in [0.1, 0.15) is 5.56 Å². The van der Waals surface area contributed by atoms with Gasteiger partial charge >= 0.3 is 6.18 Å². The van der Waals surface area contributed by atoms with Crippen LogP contribution >= 0.6 is 0 Å². The van der Waals surface area contributed by atoms with E-state index in [1.165, 1.54) is 24.4 Å². The van der Waals surface area contributed by atoms with Crippen LogP contribution in [-0.2, 0) is 6.18 Å². The lowest BCUT2D eigenvalue weighted by atomic mass is 10.2. The van der Waals surface area contributed by atoms with Gasteiger partial charge < -0.3 is 5.32 Å². The number of benzene rings is 1. The summed E-state index contributed by atoms with van der Waals surface area (Å²) in [6, 6.07) is 6.33. The van der Waals surface area contributed by atoms with Gasteiger partial charge in [-0.25, -0.2) is 10.8 Å². The van der Waals surface area contributed by atoms with Crippen molar-refractivity contribution in [2.45, 2.75) is 6.18 Å². The van der Waals surface area contributed by atoms with E-state index < -0.39 is 11.7 Å². The molecule has 100 valence electrons. The minimum absolute atomic E-state index is 0.164. The van der Waals surface area contributed by atoms with Gasteiger partial charge in [0, 0.05) is 11.9 Å². The first-order chi connectivity index (χ1) is 8.99. The fourth-order valence-corrected chi connectivity index (χ4v) is 1.42. The predicted octanol–water partition coefficient (Wildman–Crippen LogP) is 2.52. The Morgan fingerprint density at radius 1 is 1.16 bits per heavy atom. The number of nitrogen functional groups attached to an aromatic ring is 1. The summed E-state index contributed by atoms with van der Waals surface area (Å²) in [6.45, 7) is 0. The second kappa shape index (κ2) is 5.11. The minimum atomic E-state index is -4.38. The SMILES string of the molecule is NNc1nccc(Nc2cccc(C(F)(F)F)c2)n1. The molecular formula is C11H10F3N5. The Morgan fingerprint density at radius 3 is 2.63 bits per heavy atom. The van der Waals surface area contributed by atoms with Crippen LogP contribution < -0.4 is 16.6 Å². The molecule has 1 aromatic heterocycles. The average Bonchev–Trinajstić information content (AvgIpc) is 2.38. The molecule has 19 heavy (non-hydrogen) atoms. The third-order valence-electron chi connectivity index (χ3n) is 2.25. The molecule has 0 fully saturated rings. The van der Waals surface area contributed by atoms with E-state index in [1.807, 2.05) is 0 Å². The molecule has 0 amide bonds. The zero-order chi connectivity index (χ0) is 13.9. The van der Waals surface area contributed by atoms with E-state index in [2.05, 4.69) is 20.7 Å². The van der Waals surface area contributed by atoms with E-state index in [0.29, 0.717) is 5.82 Å². The number of aromatic nitrogens is 2. The van der Waals surface area contributed by atoms with Crippen molar-refractivity contribution in [3.8, 4) is 0 Å². The topological polar surface area (TPSA) is 75.9 Å². The maximum atomic E-state index is 12.5. The van der Waals surface area contributed by atoms with Gasteiger partial charge in [-0.3, -0.25) is 5.43 Å². The van der Waals surface area contributed by atoms with Gasteiger partial charge in [-0.05, 0) is 24.3 Å². The summed E-state index contributed by atoms with van der Waals surface area (Å²) in [5.41, 5.74) is 1.79. The van der Waals surface area contributed by atoms with Gasteiger partial charge in [-0.1, -0.05) is 6.07 Å². The summed E-state index contributed by atoms with van der Waals surface area (Å²) in [7, 11) is 0. The second-order valence-corrected chi connectivity index (χ2v) is 3.61. The lowest BCUT2D eigenvalue weighted by Gasteiger charge is -2.10. The number of alkyl halides is 3. The fraction of sp³-hybridized carbons (Fsp3) is 0.0909. The Bertz CT molecular complexity index is 570. The highest BCUT2D eigenvalue weighted by atomic mass is 19.4. The molecule has 5 nitrogen and oxygen atoms in total. The molecule has 2 aromatic rings. The zero-order valence-corrected chi connectivity index (χ0v) is 9.57. The summed E-state index contributed by atoms with van der Waals surface area (Å²) < 4.78 is 37.6.